The fourth-order valence-corrected chi connectivity index (χ4v) is 1.48. The molecule has 0 saturated heterocycles. The minimum absolute atomic E-state index is 0.0800. The van der Waals surface area contributed by atoms with Gasteiger partial charge in [-0.2, -0.15) is 0 Å². The zero-order valence-electron chi connectivity index (χ0n) is 10.9. The normalized spacial score (nSPS) is 11.8. The van der Waals surface area contributed by atoms with Gasteiger partial charge in [0, 0.05) is 11.6 Å². The highest BCUT2D eigenvalue weighted by molar-refractivity contribution is 5.95. The first-order valence-electron chi connectivity index (χ1n) is 5.79. The summed E-state index contributed by atoms with van der Waals surface area (Å²) in [6, 6.07) is 4.71. The van der Waals surface area contributed by atoms with Gasteiger partial charge < -0.3 is 19.9 Å². The zero-order valence-corrected chi connectivity index (χ0v) is 10.9. The number of carbonyl (C=O) groups excluding carboxylic acids is 1. The van der Waals surface area contributed by atoms with Crippen molar-refractivity contribution in [2.45, 2.75) is 19.4 Å². The minimum Gasteiger partial charge on any atom is -0.497 e. The van der Waals surface area contributed by atoms with Gasteiger partial charge in [0.2, 0.25) is 0 Å². The van der Waals surface area contributed by atoms with Crippen molar-refractivity contribution >= 4 is 5.91 Å². The van der Waals surface area contributed by atoms with Crippen molar-refractivity contribution in [3.63, 3.8) is 0 Å². The molecule has 0 aromatic heterocycles. The number of aliphatic hydroxyl groups is 1. The van der Waals surface area contributed by atoms with Crippen molar-refractivity contribution < 1.29 is 19.4 Å². The van der Waals surface area contributed by atoms with E-state index in [1.54, 1.807) is 18.2 Å². The summed E-state index contributed by atoms with van der Waals surface area (Å²) >= 11 is 0. The second-order valence-corrected chi connectivity index (χ2v) is 3.86. The monoisotopic (exact) mass is 253 g/mol. The Morgan fingerprint density at radius 3 is 2.22 bits per heavy atom. The Hall–Kier alpha value is -1.75. The molecule has 18 heavy (non-hydrogen) atoms. The Labute approximate surface area is 107 Å². The third kappa shape index (κ3) is 3.63. The van der Waals surface area contributed by atoms with Crippen molar-refractivity contribution in [2.24, 2.45) is 0 Å². The van der Waals surface area contributed by atoms with Crippen LogP contribution in [0.25, 0.3) is 0 Å². The molecule has 2 N–H and O–H groups in total. The smallest absolute Gasteiger partial charge is 0.251 e. The predicted molar refractivity (Wildman–Crippen MR) is 68.2 cm³/mol. The van der Waals surface area contributed by atoms with Crippen molar-refractivity contribution in [3.8, 4) is 11.5 Å². The quantitative estimate of drug-likeness (QED) is 0.799. The fourth-order valence-electron chi connectivity index (χ4n) is 1.48. The molecule has 0 bridgehead atoms. The standard InChI is InChI=1S/C13H19NO4/c1-4-10(8-15)14-13(16)9-5-11(17-2)7-12(6-9)18-3/h5-7,10,15H,4,8H2,1-3H3,(H,14,16)/t10-/m1/s1. The third-order valence-corrected chi connectivity index (χ3v) is 2.66. The van der Waals surface area contributed by atoms with Crippen LogP contribution >= 0.6 is 0 Å². The Bertz CT molecular complexity index is 380. The van der Waals surface area contributed by atoms with Gasteiger partial charge in [-0.3, -0.25) is 4.79 Å². The van der Waals surface area contributed by atoms with Crippen LogP contribution in [0.5, 0.6) is 11.5 Å². The molecule has 5 heteroatoms. The number of rotatable bonds is 6. The van der Waals surface area contributed by atoms with E-state index >= 15 is 0 Å². The molecule has 1 amide bonds. The van der Waals surface area contributed by atoms with Crippen molar-refractivity contribution in [2.75, 3.05) is 20.8 Å². The molecule has 0 aliphatic carbocycles. The average molecular weight is 253 g/mol. The maximum Gasteiger partial charge on any atom is 0.251 e. The minimum atomic E-state index is -0.256. The molecule has 100 valence electrons. The first-order valence-corrected chi connectivity index (χ1v) is 5.79. The number of carbonyl (C=O) groups is 1. The topological polar surface area (TPSA) is 67.8 Å². The Balaban J connectivity index is 2.90. The highest BCUT2D eigenvalue weighted by atomic mass is 16.5. The number of aliphatic hydroxyl groups excluding tert-OH is 1. The van der Waals surface area contributed by atoms with Gasteiger partial charge in [0.15, 0.2) is 0 Å². The van der Waals surface area contributed by atoms with E-state index in [-0.39, 0.29) is 18.6 Å². The third-order valence-electron chi connectivity index (χ3n) is 2.66. The van der Waals surface area contributed by atoms with E-state index in [0.717, 1.165) is 0 Å². The van der Waals surface area contributed by atoms with Gasteiger partial charge in [-0.05, 0) is 18.6 Å². The molecule has 0 radical (unpaired) electrons. The van der Waals surface area contributed by atoms with Crippen LogP contribution in [0.1, 0.15) is 23.7 Å². The molecule has 1 atom stereocenters. The average Bonchev–Trinajstić information content (AvgIpc) is 2.43. The summed E-state index contributed by atoms with van der Waals surface area (Å²) in [5, 5.41) is 11.8. The van der Waals surface area contributed by atoms with E-state index in [2.05, 4.69) is 5.32 Å². The summed E-state index contributed by atoms with van der Waals surface area (Å²) in [4.78, 5) is 12.0. The van der Waals surface area contributed by atoms with E-state index < -0.39 is 0 Å². The maximum atomic E-state index is 12.0. The summed E-state index contributed by atoms with van der Waals surface area (Å²) in [6.45, 7) is 1.82. The van der Waals surface area contributed by atoms with Crippen LogP contribution in [0.2, 0.25) is 0 Å². The number of methoxy groups -OCH3 is 2. The SMILES string of the molecule is CC[C@H](CO)NC(=O)c1cc(OC)cc(OC)c1. The number of hydrogen-bond acceptors (Lipinski definition) is 4. The highest BCUT2D eigenvalue weighted by Gasteiger charge is 2.13. The van der Waals surface area contributed by atoms with E-state index in [4.69, 9.17) is 14.6 Å². The lowest BCUT2D eigenvalue weighted by molar-refractivity contribution is 0.0914. The summed E-state index contributed by atoms with van der Waals surface area (Å²) in [5.74, 6) is 0.848. The molecule has 1 aromatic carbocycles. The maximum absolute atomic E-state index is 12.0. The molecule has 0 heterocycles. The number of hydrogen-bond donors (Lipinski definition) is 2. The van der Waals surface area contributed by atoms with Gasteiger partial charge in [0.1, 0.15) is 11.5 Å². The van der Waals surface area contributed by atoms with E-state index in [1.807, 2.05) is 6.92 Å². The lowest BCUT2D eigenvalue weighted by atomic mass is 10.1. The Morgan fingerprint density at radius 1 is 1.28 bits per heavy atom. The lowest BCUT2D eigenvalue weighted by Gasteiger charge is -2.15. The molecule has 0 spiro atoms. The fraction of sp³-hybridized carbons (Fsp3) is 0.462. The van der Waals surface area contributed by atoms with E-state index in [0.29, 0.717) is 23.5 Å². The van der Waals surface area contributed by atoms with Crippen LogP contribution in [-0.4, -0.2) is 37.9 Å². The Kier molecular flexibility index (Phi) is 5.45. The molecule has 0 unspecified atom stereocenters. The summed E-state index contributed by atoms with van der Waals surface area (Å²) < 4.78 is 10.2. The molecule has 5 nitrogen and oxygen atoms in total. The van der Waals surface area contributed by atoms with Crippen molar-refractivity contribution in [1.82, 2.24) is 5.32 Å². The molecule has 0 saturated carbocycles. The summed E-state index contributed by atoms with van der Waals surface area (Å²) in [6.07, 6.45) is 0.670. The molecule has 1 aromatic rings. The van der Waals surface area contributed by atoms with Crippen LogP contribution in [0.3, 0.4) is 0 Å². The largest absolute Gasteiger partial charge is 0.497 e. The predicted octanol–water partition coefficient (Wildman–Crippen LogP) is 1.20. The summed E-state index contributed by atoms with van der Waals surface area (Å²) in [5.41, 5.74) is 0.443. The molecule has 1 rings (SSSR count). The Morgan fingerprint density at radius 2 is 1.83 bits per heavy atom. The second kappa shape index (κ2) is 6.86. The van der Waals surface area contributed by atoms with Gasteiger partial charge in [0.25, 0.3) is 5.91 Å². The van der Waals surface area contributed by atoms with Gasteiger partial charge in [-0.25, -0.2) is 0 Å². The second-order valence-electron chi connectivity index (χ2n) is 3.86. The molecule has 0 aliphatic heterocycles. The van der Waals surface area contributed by atoms with Crippen LogP contribution < -0.4 is 14.8 Å². The number of ether oxygens (including phenoxy) is 2. The molecule has 0 fully saturated rings. The van der Waals surface area contributed by atoms with Gasteiger partial charge in [-0.1, -0.05) is 6.92 Å². The highest BCUT2D eigenvalue weighted by Crippen LogP contribution is 2.22. The van der Waals surface area contributed by atoms with Crippen LogP contribution in [-0.2, 0) is 0 Å². The van der Waals surface area contributed by atoms with Gasteiger partial charge >= 0.3 is 0 Å². The first-order chi connectivity index (χ1) is 8.64. The van der Waals surface area contributed by atoms with Gasteiger partial charge in [-0.15, -0.1) is 0 Å². The summed E-state index contributed by atoms with van der Waals surface area (Å²) in [7, 11) is 3.05. The molecular weight excluding hydrogens is 234 g/mol. The molecular formula is C13H19NO4. The zero-order chi connectivity index (χ0) is 13.5. The van der Waals surface area contributed by atoms with Crippen LogP contribution in [0, 0.1) is 0 Å². The lowest BCUT2D eigenvalue weighted by Crippen LogP contribution is -2.36. The van der Waals surface area contributed by atoms with Crippen LogP contribution in [0.15, 0.2) is 18.2 Å². The number of nitrogens with one attached hydrogen (secondary N) is 1. The first kappa shape index (κ1) is 14.3. The number of benzene rings is 1. The van der Waals surface area contributed by atoms with Crippen molar-refractivity contribution in [1.29, 1.82) is 0 Å². The van der Waals surface area contributed by atoms with E-state index in [1.165, 1.54) is 14.2 Å². The molecule has 0 aliphatic rings. The van der Waals surface area contributed by atoms with Gasteiger partial charge in [0.05, 0.1) is 26.9 Å². The van der Waals surface area contributed by atoms with E-state index in [9.17, 15) is 4.79 Å². The van der Waals surface area contributed by atoms with Crippen molar-refractivity contribution in [3.05, 3.63) is 23.8 Å². The number of amides is 1. The van der Waals surface area contributed by atoms with Crippen LogP contribution in [0.4, 0.5) is 0 Å².